The van der Waals surface area contributed by atoms with E-state index in [1.54, 1.807) is 0 Å². The quantitative estimate of drug-likeness (QED) is 0.372. The van der Waals surface area contributed by atoms with Gasteiger partial charge in [0.05, 0.1) is 0 Å². The summed E-state index contributed by atoms with van der Waals surface area (Å²) in [5.41, 5.74) is 1.94. The standard InChI is InChI=1S/C16H40O3Si4/c1-11-14-16-21(6,7)17-22(8,9)19-23(10,13-3)18-20(4,5)15-12-2/h13H,3,11-12,14-16H2,1-2,4-10H3. The first-order valence-electron chi connectivity index (χ1n) is 9.04. The molecule has 0 radical (unpaired) electrons. The van der Waals surface area contributed by atoms with E-state index in [1.807, 2.05) is 5.70 Å². The maximum atomic E-state index is 6.58. The van der Waals surface area contributed by atoms with E-state index in [9.17, 15) is 0 Å². The molecule has 0 saturated heterocycles. The van der Waals surface area contributed by atoms with Crippen LogP contribution in [0.1, 0.15) is 33.1 Å². The molecule has 0 amide bonds. The van der Waals surface area contributed by atoms with E-state index < -0.39 is 33.8 Å². The Morgan fingerprint density at radius 1 is 0.739 bits per heavy atom. The molecule has 0 aromatic carbocycles. The summed E-state index contributed by atoms with van der Waals surface area (Å²) in [6.07, 6.45) is 3.63. The largest absolute Gasteiger partial charge is 0.436 e. The third kappa shape index (κ3) is 10.2. The van der Waals surface area contributed by atoms with Crippen LogP contribution in [0.25, 0.3) is 0 Å². The van der Waals surface area contributed by atoms with Gasteiger partial charge < -0.3 is 12.3 Å². The van der Waals surface area contributed by atoms with Gasteiger partial charge in [-0.05, 0) is 57.9 Å². The molecule has 7 heteroatoms. The van der Waals surface area contributed by atoms with Crippen LogP contribution < -0.4 is 0 Å². The van der Waals surface area contributed by atoms with E-state index in [0.29, 0.717) is 0 Å². The lowest BCUT2D eigenvalue weighted by atomic mass is 10.4. The summed E-state index contributed by atoms with van der Waals surface area (Å²) in [5.74, 6) is 0. The first-order chi connectivity index (χ1) is 10.3. The maximum Gasteiger partial charge on any atom is 0.342 e. The van der Waals surface area contributed by atoms with Crippen LogP contribution in [0.15, 0.2) is 12.3 Å². The molecule has 1 unspecified atom stereocenters. The van der Waals surface area contributed by atoms with E-state index in [-0.39, 0.29) is 0 Å². The van der Waals surface area contributed by atoms with Crippen molar-refractivity contribution in [1.82, 2.24) is 0 Å². The highest BCUT2D eigenvalue weighted by molar-refractivity contribution is 6.91. The summed E-state index contributed by atoms with van der Waals surface area (Å²) in [5, 5.41) is 0. The van der Waals surface area contributed by atoms with Crippen LogP contribution in [0, 0.1) is 0 Å². The highest BCUT2D eigenvalue weighted by atomic mass is 28.5. The van der Waals surface area contributed by atoms with Crippen molar-refractivity contribution in [2.45, 2.75) is 91.0 Å². The average Bonchev–Trinajstić information content (AvgIpc) is 2.33. The van der Waals surface area contributed by atoms with Gasteiger partial charge in [-0.1, -0.05) is 38.8 Å². The predicted molar refractivity (Wildman–Crippen MR) is 112 cm³/mol. The number of unbranched alkanes of at least 4 members (excludes halogenated alkanes) is 1. The van der Waals surface area contributed by atoms with Crippen molar-refractivity contribution in [3.8, 4) is 0 Å². The molecule has 3 nitrogen and oxygen atoms in total. The summed E-state index contributed by atoms with van der Waals surface area (Å²) >= 11 is 0. The Morgan fingerprint density at radius 3 is 1.70 bits per heavy atom. The molecule has 0 fully saturated rings. The van der Waals surface area contributed by atoms with Gasteiger partial charge >= 0.3 is 17.1 Å². The lowest BCUT2D eigenvalue weighted by Gasteiger charge is -2.41. The third-order valence-corrected chi connectivity index (χ3v) is 19.4. The second-order valence-corrected chi connectivity index (χ2v) is 24.0. The Morgan fingerprint density at radius 2 is 1.26 bits per heavy atom. The normalized spacial score (nSPS) is 16.2. The minimum absolute atomic E-state index is 1.16. The number of hydrogen-bond donors (Lipinski definition) is 0. The second-order valence-electron chi connectivity index (χ2n) is 8.30. The summed E-state index contributed by atoms with van der Waals surface area (Å²) < 4.78 is 19.7. The summed E-state index contributed by atoms with van der Waals surface area (Å²) in [4.78, 5) is 0. The van der Waals surface area contributed by atoms with Crippen LogP contribution in [0.4, 0.5) is 0 Å². The molecule has 0 aliphatic heterocycles. The van der Waals surface area contributed by atoms with Gasteiger partial charge in [-0.15, -0.1) is 6.58 Å². The molecule has 23 heavy (non-hydrogen) atoms. The maximum absolute atomic E-state index is 6.58. The van der Waals surface area contributed by atoms with Crippen LogP contribution in [-0.2, 0) is 12.3 Å². The highest BCUT2D eigenvalue weighted by Crippen LogP contribution is 2.28. The van der Waals surface area contributed by atoms with Gasteiger partial charge in [-0.2, -0.15) is 0 Å². The van der Waals surface area contributed by atoms with E-state index >= 15 is 0 Å². The molecule has 0 rings (SSSR count). The fourth-order valence-electron chi connectivity index (χ4n) is 3.13. The molecule has 0 bridgehead atoms. The Kier molecular flexibility index (Phi) is 9.45. The molecule has 0 aliphatic carbocycles. The van der Waals surface area contributed by atoms with Crippen molar-refractivity contribution >= 4 is 33.8 Å². The minimum atomic E-state index is -2.38. The molecule has 0 spiro atoms. The van der Waals surface area contributed by atoms with Crippen molar-refractivity contribution in [2.24, 2.45) is 0 Å². The van der Waals surface area contributed by atoms with Gasteiger partial charge in [-0.3, -0.25) is 0 Å². The predicted octanol–water partition coefficient (Wildman–Crippen LogP) is 6.16. The molecule has 0 saturated carbocycles. The topological polar surface area (TPSA) is 27.7 Å². The van der Waals surface area contributed by atoms with E-state index in [1.165, 1.54) is 18.9 Å². The van der Waals surface area contributed by atoms with Crippen LogP contribution in [0.3, 0.4) is 0 Å². The molecular weight excluding hydrogens is 353 g/mol. The van der Waals surface area contributed by atoms with Crippen LogP contribution in [-0.4, -0.2) is 33.8 Å². The Bertz CT molecular complexity index is 372. The first-order valence-corrected chi connectivity index (χ1v) is 20.5. The molecule has 0 N–H and O–H groups in total. The first kappa shape index (κ1) is 23.5. The van der Waals surface area contributed by atoms with Crippen LogP contribution in [0.2, 0.25) is 57.9 Å². The summed E-state index contributed by atoms with van der Waals surface area (Å²) in [7, 11) is -7.96. The fraction of sp³-hybridized carbons (Fsp3) is 0.875. The zero-order valence-corrected chi connectivity index (χ0v) is 21.0. The molecule has 0 aromatic heterocycles. The van der Waals surface area contributed by atoms with Gasteiger partial charge in [0.1, 0.15) is 0 Å². The summed E-state index contributed by atoms with van der Waals surface area (Å²) in [6.45, 7) is 24.1. The molecule has 0 heterocycles. The van der Waals surface area contributed by atoms with Crippen molar-refractivity contribution in [3.05, 3.63) is 12.3 Å². The second kappa shape index (κ2) is 9.26. The number of rotatable bonds is 12. The van der Waals surface area contributed by atoms with Gasteiger partial charge in [0, 0.05) is 0 Å². The monoisotopic (exact) mass is 392 g/mol. The fourth-order valence-corrected chi connectivity index (χ4v) is 21.7. The van der Waals surface area contributed by atoms with Crippen molar-refractivity contribution in [2.75, 3.05) is 0 Å². The molecular formula is C16H40O3Si4. The molecule has 1 atom stereocenters. The third-order valence-electron chi connectivity index (χ3n) is 3.80. The minimum Gasteiger partial charge on any atom is -0.436 e. The van der Waals surface area contributed by atoms with Crippen LogP contribution in [0.5, 0.6) is 0 Å². The van der Waals surface area contributed by atoms with Crippen molar-refractivity contribution in [3.63, 3.8) is 0 Å². The lowest BCUT2D eigenvalue weighted by molar-refractivity contribution is 0.332. The van der Waals surface area contributed by atoms with Crippen molar-refractivity contribution < 1.29 is 12.3 Å². The molecule has 0 aliphatic rings. The van der Waals surface area contributed by atoms with Gasteiger partial charge in [-0.25, -0.2) is 0 Å². The summed E-state index contributed by atoms with van der Waals surface area (Å²) in [6, 6.07) is 2.36. The Labute approximate surface area is 149 Å². The van der Waals surface area contributed by atoms with Gasteiger partial charge in [0.2, 0.25) is 0 Å². The lowest BCUT2D eigenvalue weighted by Crippen LogP contribution is -2.57. The SMILES string of the molecule is C=C[Si](C)(O[Si](C)(C)CCC)O[Si](C)(C)O[Si](C)(C)CCCC. The van der Waals surface area contributed by atoms with E-state index in [0.717, 1.165) is 12.5 Å². The van der Waals surface area contributed by atoms with E-state index in [4.69, 9.17) is 12.3 Å². The van der Waals surface area contributed by atoms with Crippen molar-refractivity contribution in [1.29, 1.82) is 0 Å². The van der Waals surface area contributed by atoms with Gasteiger partial charge in [0.25, 0.3) is 0 Å². The van der Waals surface area contributed by atoms with E-state index in [2.05, 4.69) is 66.3 Å². The van der Waals surface area contributed by atoms with Crippen LogP contribution >= 0.6 is 0 Å². The molecule has 138 valence electrons. The zero-order valence-electron chi connectivity index (χ0n) is 17.0. The Hall–Kier alpha value is 0.488. The Balaban J connectivity index is 4.96. The number of hydrogen-bond acceptors (Lipinski definition) is 3. The van der Waals surface area contributed by atoms with Gasteiger partial charge in [0.15, 0.2) is 16.6 Å². The highest BCUT2D eigenvalue weighted by Gasteiger charge is 2.44. The smallest absolute Gasteiger partial charge is 0.342 e. The zero-order chi connectivity index (χ0) is 18.4. The average molecular weight is 393 g/mol. The molecule has 0 aromatic rings.